The number of methoxy groups -OCH3 is 4. The number of esters is 1. The first-order valence-electron chi connectivity index (χ1n) is 7.51. The van der Waals surface area contributed by atoms with Gasteiger partial charge in [-0.15, -0.1) is 0 Å². The fourth-order valence-corrected chi connectivity index (χ4v) is 2.62. The zero-order valence-electron chi connectivity index (χ0n) is 14.8. The summed E-state index contributed by atoms with van der Waals surface area (Å²) in [6.07, 6.45) is 0. The minimum atomic E-state index is -0.626. The Morgan fingerprint density at radius 2 is 1.36 bits per heavy atom. The molecule has 0 aliphatic rings. The molecule has 2 rings (SSSR count). The van der Waals surface area contributed by atoms with Gasteiger partial charge in [0.1, 0.15) is 22.8 Å². The van der Waals surface area contributed by atoms with E-state index in [0.29, 0.717) is 11.5 Å². The lowest BCUT2D eigenvalue weighted by Crippen LogP contribution is -2.15. The van der Waals surface area contributed by atoms with Crippen LogP contribution in [0.5, 0.6) is 17.2 Å². The second kappa shape index (κ2) is 7.70. The van der Waals surface area contributed by atoms with Crippen LogP contribution in [0.1, 0.15) is 31.8 Å². The van der Waals surface area contributed by atoms with Gasteiger partial charge in [-0.3, -0.25) is 4.79 Å². The fraction of sp³-hybridized carbons (Fsp3) is 0.263. The minimum Gasteiger partial charge on any atom is -0.496 e. The Hall–Kier alpha value is -3.02. The predicted octanol–water partition coefficient (Wildman–Crippen LogP) is 3.04. The summed E-state index contributed by atoms with van der Waals surface area (Å²) in [5, 5.41) is 0. The molecule has 0 fully saturated rings. The fourth-order valence-electron chi connectivity index (χ4n) is 2.62. The zero-order chi connectivity index (χ0) is 18.6. The summed E-state index contributed by atoms with van der Waals surface area (Å²) in [4.78, 5) is 25.5. The third-order valence-corrected chi connectivity index (χ3v) is 3.75. The molecule has 25 heavy (non-hydrogen) atoms. The van der Waals surface area contributed by atoms with Gasteiger partial charge in [-0.1, -0.05) is 6.07 Å². The van der Waals surface area contributed by atoms with Gasteiger partial charge in [-0.05, 0) is 36.8 Å². The van der Waals surface area contributed by atoms with Crippen LogP contribution in [0.2, 0.25) is 0 Å². The summed E-state index contributed by atoms with van der Waals surface area (Å²) in [6.45, 7) is 1.80. The first-order valence-corrected chi connectivity index (χ1v) is 7.51. The highest BCUT2D eigenvalue weighted by molar-refractivity contribution is 6.18. The molecule has 0 bridgehead atoms. The molecule has 0 amide bonds. The number of benzene rings is 2. The van der Waals surface area contributed by atoms with Crippen LogP contribution >= 0.6 is 0 Å². The molecule has 0 aliphatic heterocycles. The van der Waals surface area contributed by atoms with E-state index in [2.05, 4.69) is 0 Å². The van der Waals surface area contributed by atoms with Crippen LogP contribution in [-0.4, -0.2) is 40.2 Å². The lowest BCUT2D eigenvalue weighted by atomic mass is 9.94. The molecule has 6 heteroatoms. The number of carbonyl (C=O) groups excluding carboxylic acids is 2. The SMILES string of the molecule is COC(=O)c1cc(C)cc(OC)c1C(=O)c1c(OC)cccc1OC. The highest BCUT2D eigenvalue weighted by Gasteiger charge is 2.28. The molecule has 0 saturated heterocycles. The summed E-state index contributed by atoms with van der Waals surface area (Å²) in [6, 6.07) is 8.27. The van der Waals surface area contributed by atoms with E-state index >= 15 is 0 Å². The number of ketones is 1. The largest absolute Gasteiger partial charge is 0.496 e. The van der Waals surface area contributed by atoms with Crippen molar-refractivity contribution >= 4 is 11.8 Å². The minimum absolute atomic E-state index is 0.0998. The van der Waals surface area contributed by atoms with Crippen molar-refractivity contribution in [2.45, 2.75) is 6.92 Å². The maximum Gasteiger partial charge on any atom is 0.338 e. The Morgan fingerprint density at radius 3 is 1.84 bits per heavy atom. The first kappa shape index (κ1) is 18.3. The second-order valence-corrected chi connectivity index (χ2v) is 5.25. The predicted molar refractivity (Wildman–Crippen MR) is 92.0 cm³/mol. The van der Waals surface area contributed by atoms with E-state index in [4.69, 9.17) is 18.9 Å². The molecular weight excluding hydrogens is 324 g/mol. The van der Waals surface area contributed by atoms with Crippen LogP contribution < -0.4 is 14.2 Å². The lowest BCUT2D eigenvalue weighted by Gasteiger charge is -2.16. The molecule has 0 N–H and O–H groups in total. The van der Waals surface area contributed by atoms with Crippen LogP contribution in [0, 0.1) is 6.92 Å². The summed E-state index contributed by atoms with van der Waals surface area (Å²) < 4.78 is 20.8. The quantitative estimate of drug-likeness (QED) is 0.592. The van der Waals surface area contributed by atoms with Gasteiger partial charge in [-0.2, -0.15) is 0 Å². The number of hydrogen-bond donors (Lipinski definition) is 0. The number of hydrogen-bond acceptors (Lipinski definition) is 6. The molecule has 6 nitrogen and oxygen atoms in total. The number of carbonyl (C=O) groups is 2. The Morgan fingerprint density at radius 1 is 0.800 bits per heavy atom. The van der Waals surface area contributed by atoms with Gasteiger partial charge in [0.05, 0.1) is 39.6 Å². The number of rotatable bonds is 6. The smallest absolute Gasteiger partial charge is 0.338 e. The summed E-state index contributed by atoms with van der Waals surface area (Å²) in [5.74, 6) is -0.130. The molecule has 0 heterocycles. The van der Waals surface area contributed by atoms with E-state index < -0.39 is 11.8 Å². The molecule has 0 radical (unpaired) electrons. The van der Waals surface area contributed by atoms with Gasteiger partial charge < -0.3 is 18.9 Å². The van der Waals surface area contributed by atoms with Crippen molar-refractivity contribution in [1.29, 1.82) is 0 Å². The van der Waals surface area contributed by atoms with Crippen LogP contribution in [0.4, 0.5) is 0 Å². The van der Waals surface area contributed by atoms with E-state index in [1.807, 2.05) is 0 Å². The van der Waals surface area contributed by atoms with Crippen molar-refractivity contribution in [3.63, 3.8) is 0 Å². The van der Waals surface area contributed by atoms with Gasteiger partial charge in [0, 0.05) is 0 Å². The lowest BCUT2D eigenvalue weighted by molar-refractivity contribution is 0.0596. The third kappa shape index (κ3) is 3.42. The molecule has 132 valence electrons. The summed E-state index contributed by atoms with van der Waals surface area (Å²) in [5.41, 5.74) is 1.20. The first-order chi connectivity index (χ1) is 12.0. The molecule has 0 saturated carbocycles. The van der Waals surface area contributed by atoms with Gasteiger partial charge in [0.15, 0.2) is 0 Å². The average molecular weight is 344 g/mol. The Balaban J connectivity index is 2.78. The highest BCUT2D eigenvalue weighted by atomic mass is 16.5. The molecule has 0 aliphatic carbocycles. The third-order valence-electron chi connectivity index (χ3n) is 3.75. The van der Waals surface area contributed by atoms with Crippen LogP contribution in [0.25, 0.3) is 0 Å². The van der Waals surface area contributed by atoms with E-state index in [-0.39, 0.29) is 22.4 Å². The standard InChI is InChI=1S/C19H20O6/c1-11-9-12(19(21)25-5)16(15(10-11)24-4)18(20)17-13(22-2)7-6-8-14(17)23-3/h6-10H,1-5H3. The zero-order valence-corrected chi connectivity index (χ0v) is 14.8. The number of ether oxygens (including phenoxy) is 4. The van der Waals surface area contributed by atoms with Crippen molar-refractivity contribution in [3.05, 3.63) is 52.6 Å². The topological polar surface area (TPSA) is 71.1 Å². The van der Waals surface area contributed by atoms with Crippen molar-refractivity contribution in [2.24, 2.45) is 0 Å². The summed E-state index contributed by atoms with van der Waals surface area (Å²) in [7, 11) is 5.61. The second-order valence-electron chi connectivity index (χ2n) is 5.25. The van der Waals surface area contributed by atoms with Crippen molar-refractivity contribution in [3.8, 4) is 17.2 Å². The maximum atomic E-state index is 13.3. The van der Waals surface area contributed by atoms with Crippen LogP contribution in [0.15, 0.2) is 30.3 Å². The van der Waals surface area contributed by atoms with Crippen molar-refractivity contribution < 1.29 is 28.5 Å². The van der Waals surface area contributed by atoms with Gasteiger partial charge in [0.25, 0.3) is 0 Å². The Labute approximate surface area is 146 Å². The number of aryl methyl sites for hydroxylation is 1. The van der Waals surface area contributed by atoms with E-state index in [1.54, 1.807) is 37.3 Å². The molecule has 0 aromatic heterocycles. The van der Waals surface area contributed by atoms with Crippen molar-refractivity contribution in [1.82, 2.24) is 0 Å². The van der Waals surface area contributed by atoms with Crippen LogP contribution in [-0.2, 0) is 4.74 Å². The van der Waals surface area contributed by atoms with Gasteiger partial charge in [-0.25, -0.2) is 4.79 Å². The average Bonchev–Trinajstić information content (AvgIpc) is 2.65. The monoisotopic (exact) mass is 344 g/mol. The maximum absolute atomic E-state index is 13.3. The van der Waals surface area contributed by atoms with E-state index in [0.717, 1.165) is 5.56 Å². The molecule has 0 atom stereocenters. The molecule has 0 unspecified atom stereocenters. The summed E-state index contributed by atoms with van der Waals surface area (Å²) >= 11 is 0. The Bertz CT molecular complexity index is 788. The molecule has 0 spiro atoms. The molecular formula is C19H20O6. The van der Waals surface area contributed by atoms with E-state index in [1.165, 1.54) is 28.4 Å². The van der Waals surface area contributed by atoms with Crippen molar-refractivity contribution in [2.75, 3.05) is 28.4 Å². The Kier molecular flexibility index (Phi) is 5.64. The van der Waals surface area contributed by atoms with Crippen LogP contribution in [0.3, 0.4) is 0 Å². The highest BCUT2D eigenvalue weighted by Crippen LogP contribution is 2.35. The van der Waals surface area contributed by atoms with Gasteiger partial charge >= 0.3 is 5.97 Å². The van der Waals surface area contributed by atoms with E-state index in [9.17, 15) is 9.59 Å². The van der Waals surface area contributed by atoms with Gasteiger partial charge in [0.2, 0.25) is 5.78 Å². The molecule has 2 aromatic rings. The normalized spacial score (nSPS) is 10.1. The molecule has 2 aromatic carbocycles.